The third-order valence-corrected chi connectivity index (χ3v) is 2.90. The average molecular weight is 321 g/mol. The molecule has 5 heteroatoms. The number of carbonyl (C=O) groups excluding carboxylic acids is 1. The van der Waals surface area contributed by atoms with Gasteiger partial charge in [0, 0.05) is 16.7 Å². The molecular formula is C9H6ClIN2O. The summed E-state index contributed by atoms with van der Waals surface area (Å²) < 4.78 is 2.76. The second-order valence-corrected chi connectivity index (χ2v) is 4.48. The van der Waals surface area contributed by atoms with E-state index in [9.17, 15) is 4.79 Å². The number of nitrogens with zero attached hydrogens (tertiary/aromatic N) is 2. The van der Waals surface area contributed by atoms with Gasteiger partial charge >= 0.3 is 0 Å². The van der Waals surface area contributed by atoms with E-state index in [-0.39, 0.29) is 5.78 Å². The molecule has 0 unspecified atom stereocenters. The summed E-state index contributed by atoms with van der Waals surface area (Å²) in [4.78, 5) is 15.3. The first kappa shape index (κ1) is 9.92. The van der Waals surface area contributed by atoms with Crippen molar-refractivity contribution in [3.63, 3.8) is 0 Å². The lowest BCUT2D eigenvalue weighted by atomic mass is 10.3. The van der Waals surface area contributed by atoms with Crippen LogP contribution in [0.25, 0.3) is 5.65 Å². The molecule has 0 saturated carbocycles. The maximum atomic E-state index is 11.2. The van der Waals surface area contributed by atoms with Crippen LogP contribution < -0.4 is 0 Å². The van der Waals surface area contributed by atoms with Gasteiger partial charge in [-0.25, -0.2) is 4.98 Å². The summed E-state index contributed by atoms with van der Waals surface area (Å²) in [6, 6.07) is 3.78. The largest absolute Gasteiger partial charge is 0.293 e. The van der Waals surface area contributed by atoms with Gasteiger partial charge in [-0.1, -0.05) is 11.6 Å². The molecule has 0 spiro atoms. The zero-order valence-corrected chi connectivity index (χ0v) is 10.2. The molecule has 0 N–H and O–H groups in total. The number of halogens is 2. The summed E-state index contributed by atoms with van der Waals surface area (Å²) in [5.41, 5.74) is 1.03. The van der Waals surface area contributed by atoms with Crippen molar-refractivity contribution in [3.8, 4) is 0 Å². The molecule has 0 radical (unpaired) electrons. The topological polar surface area (TPSA) is 34.4 Å². The minimum absolute atomic E-state index is 0.117. The van der Waals surface area contributed by atoms with Gasteiger partial charge < -0.3 is 0 Å². The molecule has 3 nitrogen and oxygen atoms in total. The summed E-state index contributed by atoms with van der Waals surface area (Å²) in [6.07, 6.45) is 1.80. The Balaban J connectivity index is 2.79. The number of aromatic nitrogens is 2. The number of ketones is 1. The van der Waals surface area contributed by atoms with Crippen LogP contribution in [-0.2, 0) is 0 Å². The number of rotatable bonds is 1. The van der Waals surface area contributed by atoms with E-state index in [2.05, 4.69) is 27.6 Å². The summed E-state index contributed by atoms with van der Waals surface area (Å²) >= 11 is 8.17. The van der Waals surface area contributed by atoms with Crippen molar-refractivity contribution in [2.24, 2.45) is 0 Å². The van der Waals surface area contributed by atoms with Crippen LogP contribution in [0.1, 0.15) is 17.4 Å². The van der Waals surface area contributed by atoms with Crippen molar-refractivity contribution < 1.29 is 4.79 Å². The molecule has 0 saturated heterocycles. The third kappa shape index (κ3) is 1.52. The predicted molar refractivity (Wildman–Crippen MR) is 62.9 cm³/mol. The van der Waals surface area contributed by atoms with Crippen LogP contribution in [0, 0.1) is 3.57 Å². The molecule has 0 bridgehead atoms. The third-order valence-electron chi connectivity index (χ3n) is 1.86. The zero-order valence-electron chi connectivity index (χ0n) is 7.29. The number of imidazole rings is 1. The van der Waals surface area contributed by atoms with Gasteiger partial charge in [0.2, 0.25) is 0 Å². The highest BCUT2D eigenvalue weighted by Gasteiger charge is 2.13. The first-order valence-electron chi connectivity index (χ1n) is 3.93. The fraction of sp³-hybridized carbons (Fsp3) is 0.111. The van der Waals surface area contributed by atoms with Crippen molar-refractivity contribution >= 4 is 45.6 Å². The Morgan fingerprint density at radius 3 is 3.00 bits per heavy atom. The summed E-state index contributed by atoms with van der Waals surface area (Å²) in [5.74, 6) is -0.117. The van der Waals surface area contributed by atoms with Crippen molar-refractivity contribution in [2.75, 3.05) is 0 Å². The van der Waals surface area contributed by atoms with Crippen LogP contribution in [0.4, 0.5) is 0 Å². The monoisotopic (exact) mass is 320 g/mol. The fourth-order valence-corrected chi connectivity index (χ4v) is 1.97. The molecule has 0 aliphatic rings. The van der Waals surface area contributed by atoms with Crippen LogP contribution in [0.15, 0.2) is 18.3 Å². The minimum Gasteiger partial charge on any atom is -0.293 e. The van der Waals surface area contributed by atoms with Crippen LogP contribution in [-0.4, -0.2) is 15.2 Å². The van der Waals surface area contributed by atoms with Crippen molar-refractivity contribution in [3.05, 3.63) is 32.7 Å². The molecule has 14 heavy (non-hydrogen) atoms. The van der Waals surface area contributed by atoms with Crippen molar-refractivity contribution in [1.82, 2.24) is 9.38 Å². The van der Waals surface area contributed by atoms with Gasteiger partial charge in [0.15, 0.2) is 5.78 Å². The lowest BCUT2D eigenvalue weighted by molar-refractivity contribution is 0.101. The number of fused-ring (bicyclic) bond motifs is 1. The van der Waals surface area contributed by atoms with E-state index in [4.69, 9.17) is 11.6 Å². The zero-order chi connectivity index (χ0) is 10.3. The van der Waals surface area contributed by atoms with E-state index in [0.717, 1.165) is 3.57 Å². The normalized spacial score (nSPS) is 10.8. The van der Waals surface area contributed by atoms with Crippen LogP contribution in [0.3, 0.4) is 0 Å². The molecule has 2 aromatic rings. The van der Waals surface area contributed by atoms with E-state index < -0.39 is 0 Å². The molecule has 72 valence electrons. The molecule has 2 rings (SSSR count). The van der Waals surface area contributed by atoms with E-state index in [1.165, 1.54) is 6.92 Å². The fourth-order valence-electron chi connectivity index (χ4n) is 1.21. The molecule has 0 aromatic carbocycles. The Kier molecular flexibility index (Phi) is 2.48. The maximum absolute atomic E-state index is 11.2. The lowest BCUT2D eigenvalue weighted by Gasteiger charge is -1.94. The van der Waals surface area contributed by atoms with Gasteiger partial charge in [0.1, 0.15) is 16.5 Å². The van der Waals surface area contributed by atoms with Crippen molar-refractivity contribution in [1.29, 1.82) is 0 Å². The second kappa shape index (κ2) is 3.51. The van der Waals surface area contributed by atoms with Gasteiger partial charge in [0.05, 0.1) is 0 Å². The Morgan fingerprint density at radius 1 is 1.64 bits per heavy atom. The first-order valence-corrected chi connectivity index (χ1v) is 5.39. The quantitative estimate of drug-likeness (QED) is 0.598. The molecule has 0 amide bonds. The minimum atomic E-state index is -0.117. The number of pyridine rings is 1. The summed E-state index contributed by atoms with van der Waals surface area (Å²) in [7, 11) is 0. The summed E-state index contributed by atoms with van der Waals surface area (Å²) in [6.45, 7) is 1.46. The van der Waals surface area contributed by atoms with E-state index in [1.54, 1.807) is 10.6 Å². The smallest absolute Gasteiger partial charge is 0.181 e. The highest BCUT2D eigenvalue weighted by molar-refractivity contribution is 14.1. The molecule has 0 fully saturated rings. The molecule has 0 aliphatic carbocycles. The Morgan fingerprint density at radius 2 is 2.36 bits per heavy atom. The lowest BCUT2D eigenvalue weighted by Crippen LogP contribution is -1.92. The standard InChI is InChI=1S/C9H6ClIN2O/c1-5(14)8-9(10)13-3-2-6(11)4-7(13)12-8/h2-4H,1H3. The second-order valence-electron chi connectivity index (χ2n) is 2.88. The number of hydrogen-bond acceptors (Lipinski definition) is 2. The van der Waals surface area contributed by atoms with Crippen LogP contribution in [0.5, 0.6) is 0 Å². The number of hydrogen-bond donors (Lipinski definition) is 0. The number of carbonyl (C=O) groups is 1. The van der Waals surface area contributed by atoms with E-state index in [0.29, 0.717) is 16.5 Å². The number of Topliss-reactive ketones (excluding diaryl/α,β-unsaturated/α-hetero) is 1. The Bertz CT molecular complexity index is 521. The molecule has 2 heterocycles. The Hall–Kier alpha value is -0.620. The SMILES string of the molecule is CC(=O)c1nc2cc(I)ccn2c1Cl. The average Bonchev–Trinajstić information content (AvgIpc) is 2.43. The van der Waals surface area contributed by atoms with E-state index in [1.807, 2.05) is 12.1 Å². The molecule has 0 aliphatic heterocycles. The first-order chi connectivity index (χ1) is 6.59. The molecule has 0 atom stereocenters. The van der Waals surface area contributed by atoms with Crippen LogP contribution >= 0.6 is 34.2 Å². The summed E-state index contributed by atoms with van der Waals surface area (Å²) in [5, 5.41) is 0.379. The van der Waals surface area contributed by atoms with Crippen molar-refractivity contribution in [2.45, 2.75) is 6.92 Å². The van der Waals surface area contributed by atoms with Gasteiger partial charge in [-0.15, -0.1) is 0 Å². The predicted octanol–water partition coefficient (Wildman–Crippen LogP) is 2.79. The van der Waals surface area contributed by atoms with Gasteiger partial charge in [0.25, 0.3) is 0 Å². The maximum Gasteiger partial charge on any atom is 0.181 e. The van der Waals surface area contributed by atoms with E-state index >= 15 is 0 Å². The molecular weight excluding hydrogens is 314 g/mol. The van der Waals surface area contributed by atoms with Crippen LogP contribution in [0.2, 0.25) is 5.15 Å². The highest BCUT2D eigenvalue weighted by atomic mass is 127. The molecule has 2 aromatic heterocycles. The van der Waals surface area contributed by atoms with Gasteiger partial charge in [-0.3, -0.25) is 9.20 Å². The Labute approximate surface area is 99.2 Å². The highest BCUT2D eigenvalue weighted by Crippen LogP contribution is 2.19. The van der Waals surface area contributed by atoms with Gasteiger partial charge in [-0.05, 0) is 34.7 Å². The van der Waals surface area contributed by atoms with Gasteiger partial charge in [-0.2, -0.15) is 0 Å².